The molecule has 2 aromatic rings. The number of hydrogen-bond donors (Lipinski definition) is 1. The van der Waals surface area contributed by atoms with E-state index in [4.69, 9.17) is 9.47 Å². The van der Waals surface area contributed by atoms with Crippen LogP contribution >= 0.6 is 0 Å². The molecular formula is C19H22N2O3. The maximum Gasteiger partial charge on any atom is 0.322 e. The summed E-state index contributed by atoms with van der Waals surface area (Å²) in [6, 6.07) is 15.5. The monoisotopic (exact) mass is 326 g/mol. The van der Waals surface area contributed by atoms with Gasteiger partial charge >= 0.3 is 6.03 Å². The van der Waals surface area contributed by atoms with Crippen molar-refractivity contribution in [1.82, 2.24) is 5.32 Å². The zero-order valence-electron chi connectivity index (χ0n) is 14.0. The smallest absolute Gasteiger partial charge is 0.322 e. The predicted octanol–water partition coefficient (Wildman–Crippen LogP) is 3.23. The largest absolute Gasteiger partial charge is 0.497 e. The Bertz CT molecular complexity index is 717. The molecule has 0 aromatic heterocycles. The summed E-state index contributed by atoms with van der Waals surface area (Å²) in [5, 5.41) is 2.93. The van der Waals surface area contributed by atoms with Crippen molar-refractivity contribution >= 4 is 11.7 Å². The summed E-state index contributed by atoms with van der Waals surface area (Å²) >= 11 is 0. The van der Waals surface area contributed by atoms with Crippen molar-refractivity contribution in [3.05, 3.63) is 54.1 Å². The predicted molar refractivity (Wildman–Crippen MR) is 94.0 cm³/mol. The highest BCUT2D eigenvalue weighted by Gasteiger charge is 2.30. The highest BCUT2D eigenvalue weighted by Crippen LogP contribution is 2.31. The van der Waals surface area contributed by atoms with Crippen LogP contribution in [0.25, 0.3) is 0 Å². The first-order chi connectivity index (χ1) is 11.7. The summed E-state index contributed by atoms with van der Waals surface area (Å²) in [6.45, 7) is 2.91. The van der Waals surface area contributed by atoms with E-state index >= 15 is 0 Å². The molecule has 5 nitrogen and oxygen atoms in total. The first kappa shape index (κ1) is 16.2. The number of urea groups is 1. The molecule has 1 heterocycles. The molecule has 3 rings (SSSR count). The first-order valence-corrected chi connectivity index (χ1v) is 8.11. The van der Waals surface area contributed by atoms with E-state index in [9.17, 15) is 4.79 Å². The summed E-state index contributed by atoms with van der Waals surface area (Å²) in [5.74, 6) is 1.47. The van der Waals surface area contributed by atoms with Gasteiger partial charge in [0, 0.05) is 17.8 Å². The summed E-state index contributed by atoms with van der Waals surface area (Å²) in [4.78, 5) is 14.3. The van der Waals surface area contributed by atoms with Crippen LogP contribution in [0.2, 0.25) is 0 Å². The van der Waals surface area contributed by atoms with Gasteiger partial charge in [-0.2, -0.15) is 0 Å². The first-order valence-electron chi connectivity index (χ1n) is 8.11. The van der Waals surface area contributed by atoms with Crippen molar-refractivity contribution in [3.8, 4) is 11.5 Å². The van der Waals surface area contributed by atoms with Crippen LogP contribution in [0.1, 0.15) is 12.5 Å². The molecule has 24 heavy (non-hydrogen) atoms. The molecule has 2 aromatic carbocycles. The molecule has 1 aliphatic rings. The van der Waals surface area contributed by atoms with Crippen molar-refractivity contribution in [1.29, 1.82) is 0 Å². The van der Waals surface area contributed by atoms with Crippen LogP contribution in [-0.2, 0) is 6.42 Å². The Kier molecular flexibility index (Phi) is 4.89. The van der Waals surface area contributed by atoms with Gasteiger partial charge in [-0.15, -0.1) is 0 Å². The molecule has 0 bridgehead atoms. The van der Waals surface area contributed by atoms with Gasteiger partial charge in [0.15, 0.2) is 0 Å². The lowest BCUT2D eigenvalue weighted by Crippen LogP contribution is -2.44. The number of methoxy groups -OCH3 is 1. The van der Waals surface area contributed by atoms with E-state index in [2.05, 4.69) is 18.3 Å². The van der Waals surface area contributed by atoms with Gasteiger partial charge in [0.05, 0.1) is 13.7 Å². The third kappa shape index (κ3) is 3.45. The number of amides is 2. The van der Waals surface area contributed by atoms with E-state index in [0.717, 1.165) is 23.6 Å². The van der Waals surface area contributed by atoms with Crippen molar-refractivity contribution in [2.45, 2.75) is 19.4 Å². The quantitative estimate of drug-likeness (QED) is 0.858. The fourth-order valence-electron chi connectivity index (χ4n) is 2.98. The Morgan fingerprint density at radius 3 is 2.83 bits per heavy atom. The van der Waals surface area contributed by atoms with Crippen LogP contribution in [0.4, 0.5) is 10.5 Å². The van der Waals surface area contributed by atoms with E-state index in [1.165, 1.54) is 5.56 Å². The molecule has 0 aliphatic carbocycles. The second-order valence-electron chi connectivity index (χ2n) is 5.81. The van der Waals surface area contributed by atoms with E-state index in [1.54, 1.807) is 7.11 Å². The molecule has 1 N–H and O–H groups in total. The molecule has 1 aliphatic heterocycles. The van der Waals surface area contributed by atoms with E-state index in [-0.39, 0.29) is 12.1 Å². The van der Waals surface area contributed by atoms with Crippen LogP contribution in [-0.4, -0.2) is 32.3 Å². The molecule has 1 atom stereocenters. The number of rotatable bonds is 5. The molecule has 1 unspecified atom stereocenters. The minimum Gasteiger partial charge on any atom is -0.497 e. The standard InChI is InChI=1S/C19H22N2O3/c1-14-12-15-6-3-4-9-18(15)21(14)19(22)20-10-11-24-17-8-5-7-16(13-17)23-2/h3-9,13-14H,10-12H2,1-2H3,(H,20,22). The SMILES string of the molecule is COc1cccc(OCCNC(=O)N2c3ccccc3CC2C)c1. The fourth-order valence-corrected chi connectivity index (χ4v) is 2.98. The van der Waals surface area contributed by atoms with Gasteiger partial charge in [0.25, 0.3) is 0 Å². The van der Waals surface area contributed by atoms with Gasteiger partial charge < -0.3 is 14.8 Å². The number of nitrogens with zero attached hydrogens (tertiary/aromatic N) is 1. The molecular weight excluding hydrogens is 304 g/mol. The van der Waals surface area contributed by atoms with Crippen LogP contribution in [0, 0.1) is 0 Å². The zero-order valence-corrected chi connectivity index (χ0v) is 14.0. The van der Waals surface area contributed by atoms with Gasteiger partial charge in [-0.1, -0.05) is 24.3 Å². The molecule has 0 saturated heterocycles. The molecule has 0 radical (unpaired) electrons. The van der Waals surface area contributed by atoms with Gasteiger partial charge in [0.2, 0.25) is 0 Å². The lowest BCUT2D eigenvalue weighted by atomic mass is 10.1. The fraction of sp³-hybridized carbons (Fsp3) is 0.316. The number of hydrogen-bond acceptors (Lipinski definition) is 3. The Labute approximate surface area is 142 Å². The average Bonchev–Trinajstić information content (AvgIpc) is 2.94. The number of carbonyl (C=O) groups is 1. The van der Waals surface area contributed by atoms with Gasteiger partial charge in [-0.05, 0) is 37.1 Å². The van der Waals surface area contributed by atoms with Gasteiger partial charge in [-0.25, -0.2) is 4.79 Å². The van der Waals surface area contributed by atoms with Gasteiger partial charge in [-0.3, -0.25) is 4.90 Å². The molecule has 126 valence electrons. The van der Waals surface area contributed by atoms with Crippen LogP contribution in [0.5, 0.6) is 11.5 Å². The maximum absolute atomic E-state index is 12.5. The molecule has 0 spiro atoms. The number of ether oxygens (including phenoxy) is 2. The lowest BCUT2D eigenvalue weighted by Gasteiger charge is -2.23. The molecule has 5 heteroatoms. The van der Waals surface area contributed by atoms with Crippen molar-refractivity contribution in [2.24, 2.45) is 0 Å². The average molecular weight is 326 g/mol. The highest BCUT2D eigenvalue weighted by atomic mass is 16.5. The summed E-state index contributed by atoms with van der Waals surface area (Å²) in [5.41, 5.74) is 2.21. The number of fused-ring (bicyclic) bond motifs is 1. The summed E-state index contributed by atoms with van der Waals surface area (Å²) in [6.07, 6.45) is 0.893. The molecule has 0 saturated carbocycles. The van der Waals surface area contributed by atoms with E-state index < -0.39 is 0 Å². The summed E-state index contributed by atoms with van der Waals surface area (Å²) < 4.78 is 10.8. The number of nitrogens with one attached hydrogen (secondary N) is 1. The Morgan fingerprint density at radius 2 is 2.00 bits per heavy atom. The van der Waals surface area contributed by atoms with E-state index in [0.29, 0.717) is 13.2 Å². The highest BCUT2D eigenvalue weighted by molar-refractivity contribution is 5.94. The third-order valence-electron chi connectivity index (χ3n) is 4.11. The zero-order chi connectivity index (χ0) is 16.9. The molecule has 2 amide bonds. The number of benzene rings is 2. The minimum absolute atomic E-state index is 0.0818. The lowest BCUT2D eigenvalue weighted by molar-refractivity contribution is 0.240. The minimum atomic E-state index is -0.0818. The number of para-hydroxylation sites is 1. The topological polar surface area (TPSA) is 50.8 Å². The summed E-state index contributed by atoms with van der Waals surface area (Å²) in [7, 11) is 1.62. The van der Waals surface area contributed by atoms with Crippen LogP contribution in [0.15, 0.2) is 48.5 Å². The van der Waals surface area contributed by atoms with Crippen molar-refractivity contribution in [3.63, 3.8) is 0 Å². The second kappa shape index (κ2) is 7.25. The molecule has 0 fully saturated rings. The normalized spacial score (nSPS) is 15.8. The third-order valence-corrected chi connectivity index (χ3v) is 4.11. The Morgan fingerprint density at radius 1 is 1.21 bits per heavy atom. The van der Waals surface area contributed by atoms with Crippen LogP contribution < -0.4 is 19.7 Å². The van der Waals surface area contributed by atoms with Crippen molar-refractivity contribution < 1.29 is 14.3 Å². The number of anilines is 1. The second-order valence-corrected chi connectivity index (χ2v) is 5.81. The Hall–Kier alpha value is -2.69. The maximum atomic E-state index is 12.5. The number of carbonyl (C=O) groups excluding carboxylic acids is 1. The van der Waals surface area contributed by atoms with E-state index in [1.807, 2.05) is 47.4 Å². The van der Waals surface area contributed by atoms with Crippen molar-refractivity contribution in [2.75, 3.05) is 25.2 Å². The Balaban J connectivity index is 1.51. The van der Waals surface area contributed by atoms with Gasteiger partial charge in [0.1, 0.15) is 18.1 Å². The van der Waals surface area contributed by atoms with Crippen LogP contribution in [0.3, 0.4) is 0 Å².